The van der Waals surface area contributed by atoms with Crippen LogP contribution in [-0.4, -0.2) is 36.1 Å². The van der Waals surface area contributed by atoms with E-state index in [1.807, 2.05) is 24.3 Å². The predicted molar refractivity (Wildman–Crippen MR) is 62.8 cm³/mol. The molecule has 0 unspecified atom stereocenters. The molecule has 0 aliphatic rings. The van der Waals surface area contributed by atoms with Crippen molar-refractivity contribution in [3.63, 3.8) is 0 Å². The van der Waals surface area contributed by atoms with Crippen molar-refractivity contribution in [1.82, 2.24) is 4.90 Å². The van der Waals surface area contributed by atoms with Crippen molar-refractivity contribution < 1.29 is 9.90 Å². The van der Waals surface area contributed by atoms with E-state index in [0.29, 0.717) is 19.5 Å². The highest BCUT2D eigenvalue weighted by Gasteiger charge is 2.08. The van der Waals surface area contributed by atoms with E-state index >= 15 is 0 Å². The maximum Gasteiger partial charge on any atom is 0.226 e. The van der Waals surface area contributed by atoms with Gasteiger partial charge in [-0.3, -0.25) is 4.79 Å². The van der Waals surface area contributed by atoms with Gasteiger partial charge in [-0.25, -0.2) is 0 Å². The second-order valence-electron chi connectivity index (χ2n) is 3.74. The molecule has 0 saturated heterocycles. The highest BCUT2D eigenvalue weighted by atomic mass is 16.3. The summed E-state index contributed by atoms with van der Waals surface area (Å²) in [6.45, 7) is 0.882. The summed E-state index contributed by atoms with van der Waals surface area (Å²) in [7, 11) is 1.69. The Bertz CT molecular complexity index is 335. The van der Waals surface area contributed by atoms with Gasteiger partial charge in [-0.2, -0.15) is 0 Å². The van der Waals surface area contributed by atoms with Crippen molar-refractivity contribution in [2.75, 3.05) is 20.2 Å². The molecule has 0 spiro atoms. The second-order valence-corrected chi connectivity index (χ2v) is 3.74. The Morgan fingerprint density at radius 3 is 2.38 bits per heavy atom. The van der Waals surface area contributed by atoms with Crippen LogP contribution in [0.2, 0.25) is 0 Å². The number of nitrogens with two attached hydrogens (primary N) is 1. The van der Waals surface area contributed by atoms with Crippen LogP contribution in [0, 0.1) is 0 Å². The molecule has 16 heavy (non-hydrogen) atoms. The lowest BCUT2D eigenvalue weighted by Crippen LogP contribution is -2.30. The molecule has 0 atom stereocenters. The first-order valence-electron chi connectivity index (χ1n) is 5.30. The monoisotopic (exact) mass is 222 g/mol. The number of carbonyl (C=O) groups is 1. The Hall–Kier alpha value is -1.39. The van der Waals surface area contributed by atoms with Crippen LogP contribution in [-0.2, 0) is 17.8 Å². The van der Waals surface area contributed by atoms with Crippen LogP contribution in [0.3, 0.4) is 0 Å². The van der Waals surface area contributed by atoms with Gasteiger partial charge in [-0.1, -0.05) is 24.3 Å². The molecular formula is C12H18N2O2. The Kier molecular flexibility index (Phi) is 4.95. The minimum absolute atomic E-state index is 0.00560. The number of likely N-dealkylation sites (N-methyl/N-ethyl adjacent to an activating group) is 1. The normalized spacial score (nSPS) is 10.2. The fourth-order valence-electron chi connectivity index (χ4n) is 1.38. The number of aliphatic hydroxyl groups excluding tert-OH is 1. The smallest absolute Gasteiger partial charge is 0.226 e. The topological polar surface area (TPSA) is 66.6 Å². The standard InChI is InChI=1S/C12H18N2O2/c1-14(6-7-15)12(16)8-10-2-4-11(9-13)5-3-10/h2-5,15H,6-9,13H2,1H3. The predicted octanol–water partition coefficient (Wildman–Crippen LogP) is 0.138. The van der Waals surface area contributed by atoms with E-state index < -0.39 is 0 Å². The highest BCUT2D eigenvalue weighted by molar-refractivity contribution is 5.78. The van der Waals surface area contributed by atoms with E-state index in [-0.39, 0.29) is 12.5 Å². The van der Waals surface area contributed by atoms with Gasteiger partial charge in [0.25, 0.3) is 0 Å². The average molecular weight is 222 g/mol. The van der Waals surface area contributed by atoms with Gasteiger partial charge >= 0.3 is 0 Å². The molecule has 0 aliphatic heterocycles. The average Bonchev–Trinajstić information content (AvgIpc) is 2.30. The van der Waals surface area contributed by atoms with Crippen LogP contribution in [0.1, 0.15) is 11.1 Å². The summed E-state index contributed by atoms with van der Waals surface area (Å²) in [5.41, 5.74) is 7.51. The van der Waals surface area contributed by atoms with Crippen LogP contribution in [0.5, 0.6) is 0 Å². The number of hydrogen-bond acceptors (Lipinski definition) is 3. The van der Waals surface area contributed by atoms with Gasteiger partial charge in [0.15, 0.2) is 0 Å². The van der Waals surface area contributed by atoms with Gasteiger partial charge in [-0.15, -0.1) is 0 Å². The largest absolute Gasteiger partial charge is 0.395 e. The third kappa shape index (κ3) is 3.64. The molecule has 1 aromatic rings. The first kappa shape index (κ1) is 12.7. The zero-order chi connectivity index (χ0) is 12.0. The van der Waals surface area contributed by atoms with Gasteiger partial charge < -0.3 is 15.7 Å². The SMILES string of the molecule is CN(CCO)C(=O)Cc1ccc(CN)cc1. The fourth-order valence-corrected chi connectivity index (χ4v) is 1.38. The third-order valence-electron chi connectivity index (χ3n) is 2.48. The number of benzene rings is 1. The van der Waals surface area contributed by atoms with E-state index in [1.54, 1.807) is 7.05 Å². The zero-order valence-corrected chi connectivity index (χ0v) is 9.52. The van der Waals surface area contributed by atoms with Crippen molar-refractivity contribution in [2.45, 2.75) is 13.0 Å². The first-order valence-corrected chi connectivity index (χ1v) is 5.30. The van der Waals surface area contributed by atoms with Crippen molar-refractivity contribution in [2.24, 2.45) is 5.73 Å². The summed E-state index contributed by atoms with van der Waals surface area (Å²) >= 11 is 0. The minimum Gasteiger partial charge on any atom is -0.395 e. The molecule has 1 rings (SSSR count). The highest BCUT2D eigenvalue weighted by Crippen LogP contribution is 2.05. The number of rotatable bonds is 5. The van der Waals surface area contributed by atoms with Gasteiger partial charge in [0.1, 0.15) is 0 Å². The molecule has 0 aliphatic carbocycles. The summed E-state index contributed by atoms with van der Waals surface area (Å²) in [5, 5.41) is 8.71. The van der Waals surface area contributed by atoms with Crippen molar-refractivity contribution in [3.05, 3.63) is 35.4 Å². The van der Waals surface area contributed by atoms with Gasteiger partial charge in [-0.05, 0) is 11.1 Å². The molecule has 0 bridgehead atoms. The molecule has 88 valence electrons. The summed E-state index contributed by atoms with van der Waals surface area (Å²) in [6, 6.07) is 7.67. The Balaban J connectivity index is 2.55. The quantitative estimate of drug-likeness (QED) is 0.744. The van der Waals surface area contributed by atoms with E-state index in [1.165, 1.54) is 4.90 Å². The van der Waals surface area contributed by atoms with Crippen molar-refractivity contribution in [3.8, 4) is 0 Å². The van der Waals surface area contributed by atoms with E-state index in [2.05, 4.69) is 0 Å². The number of aliphatic hydroxyl groups is 1. The lowest BCUT2D eigenvalue weighted by Gasteiger charge is -2.15. The number of nitrogens with zero attached hydrogens (tertiary/aromatic N) is 1. The molecule has 4 nitrogen and oxygen atoms in total. The van der Waals surface area contributed by atoms with E-state index in [9.17, 15) is 4.79 Å². The minimum atomic E-state index is -0.00560. The lowest BCUT2D eigenvalue weighted by atomic mass is 10.1. The molecule has 3 N–H and O–H groups in total. The second kappa shape index (κ2) is 6.25. The summed E-state index contributed by atoms with van der Waals surface area (Å²) in [6.07, 6.45) is 0.362. The molecular weight excluding hydrogens is 204 g/mol. The summed E-state index contributed by atoms with van der Waals surface area (Å²) < 4.78 is 0. The summed E-state index contributed by atoms with van der Waals surface area (Å²) in [5.74, 6) is 0.00884. The van der Waals surface area contributed by atoms with Crippen molar-refractivity contribution >= 4 is 5.91 Å². The maximum atomic E-state index is 11.6. The van der Waals surface area contributed by atoms with Crippen LogP contribution in [0.25, 0.3) is 0 Å². The maximum absolute atomic E-state index is 11.6. The number of carbonyl (C=O) groups excluding carboxylic acids is 1. The van der Waals surface area contributed by atoms with Crippen LogP contribution in [0.15, 0.2) is 24.3 Å². The Labute approximate surface area is 95.7 Å². The molecule has 0 saturated carbocycles. The fraction of sp³-hybridized carbons (Fsp3) is 0.417. The molecule has 0 heterocycles. The van der Waals surface area contributed by atoms with Gasteiger partial charge in [0.2, 0.25) is 5.91 Å². The van der Waals surface area contributed by atoms with E-state index in [4.69, 9.17) is 10.8 Å². The van der Waals surface area contributed by atoms with Gasteiger partial charge in [0.05, 0.1) is 13.0 Å². The number of hydrogen-bond donors (Lipinski definition) is 2. The van der Waals surface area contributed by atoms with Crippen LogP contribution >= 0.6 is 0 Å². The van der Waals surface area contributed by atoms with Gasteiger partial charge in [0, 0.05) is 20.1 Å². The molecule has 0 aromatic heterocycles. The molecule has 1 aromatic carbocycles. The Morgan fingerprint density at radius 1 is 1.31 bits per heavy atom. The summed E-state index contributed by atoms with van der Waals surface area (Å²) in [4.78, 5) is 13.2. The molecule has 0 radical (unpaired) electrons. The lowest BCUT2D eigenvalue weighted by molar-refractivity contribution is -0.129. The molecule has 1 amide bonds. The zero-order valence-electron chi connectivity index (χ0n) is 9.52. The molecule has 0 fully saturated rings. The number of amides is 1. The van der Waals surface area contributed by atoms with E-state index in [0.717, 1.165) is 11.1 Å². The first-order chi connectivity index (χ1) is 7.67. The van der Waals surface area contributed by atoms with Crippen LogP contribution < -0.4 is 5.73 Å². The van der Waals surface area contributed by atoms with Crippen molar-refractivity contribution in [1.29, 1.82) is 0 Å². The van der Waals surface area contributed by atoms with Crippen LogP contribution in [0.4, 0.5) is 0 Å². The molecule has 4 heteroatoms. The Morgan fingerprint density at radius 2 is 1.88 bits per heavy atom. The third-order valence-corrected chi connectivity index (χ3v) is 2.48.